The Morgan fingerprint density at radius 2 is 1.75 bits per heavy atom. The first-order valence-corrected chi connectivity index (χ1v) is 14.6. The van der Waals surface area contributed by atoms with Crippen LogP contribution in [0.5, 0.6) is 5.75 Å². The minimum atomic E-state index is -0.823. The lowest BCUT2D eigenvalue weighted by molar-refractivity contribution is -0.117. The van der Waals surface area contributed by atoms with Crippen molar-refractivity contribution >= 4 is 40.7 Å². The molecule has 0 unspecified atom stereocenters. The van der Waals surface area contributed by atoms with Gasteiger partial charge in [0.15, 0.2) is 5.69 Å². The highest BCUT2D eigenvalue weighted by Crippen LogP contribution is 2.43. The van der Waals surface area contributed by atoms with Crippen LogP contribution >= 0.6 is 11.3 Å². The summed E-state index contributed by atoms with van der Waals surface area (Å²) in [6.45, 7) is 4.18. The van der Waals surface area contributed by atoms with E-state index in [1.807, 2.05) is 37.4 Å². The van der Waals surface area contributed by atoms with Crippen LogP contribution in [0.1, 0.15) is 53.6 Å². The fourth-order valence-corrected chi connectivity index (χ4v) is 6.17. The molecule has 4 aromatic rings. The van der Waals surface area contributed by atoms with E-state index in [1.165, 1.54) is 19.2 Å². The summed E-state index contributed by atoms with van der Waals surface area (Å²) in [5, 5.41) is 7.41. The van der Waals surface area contributed by atoms with E-state index in [0.29, 0.717) is 36.6 Å². The molecule has 3 amide bonds. The number of nitrogens with zero attached hydrogens (tertiary/aromatic N) is 1. The lowest BCUT2D eigenvalue weighted by atomic mass is 9.93. The third kappa shape index (κ3) is 6.03. The normalized spacial score (nSPS) is 11.8. The van der Waals surface area contributed by atoms with Crippen LogP contribution in [0.4, 0.5) is 5.69 Å². The summed E-state index contributed by atoms with van der Waals surface area (Å²) < 4.78 is 11.1. The zero-order valence-corrected chi connectivity index (χ0v) is 25.2. The van der Waals surface area contributed by atoms with Gasteiger partial charge < -0.3 is 31.6 Å². The first kappa shape index (κ1) is 30.4. The van der Waals surface area contributed by atoms with E-state index < -0.39 is 30.2 Å². The van der Waals surface area contributed by atoms with Gasteiger partial charge in [-0.25, -0.2) is 9.78 Å². The molecule has 1 aliphatic heterocycles. The molecule has 0 radical (unpaired) electrons. The molecule has 0 aliphatic carbocycles. The fraction of sp³-hybridized carbons (Fsp3) is 0.219. The molecule has 226 valence electrons. The molecule has 0 fully saturated rings. The smallest absolute Gasteiger partial charge is 0.357 e. The Morgan fingerprint density at radius 3 is 2.43 bits per heavy atom. The molecule has 2 aromatic heterocycles. The van der Waals surface area contributed by atoms with Gasteiger partial charge in [-0.1, -0.05) is 12.1 Å². The first-order valence-electron chi connectivity index (χ1n) is 13.8. The molecule has 2 aromatic carbocycles. The molecule has 12 heteroatoms. The van der Waals surface area contributed by atoms with Crippen molar-refractivity contribution in [2.45, 2.75) is 26.8 Å². The summed E-state index contributed by atoms with van der Waals surface area (Å²) in [7, 11) is 1.19. The maximum atomic E-state index is 14.1. The Hall–Kier alpha value is -5.07. The molecule has 0 bridgehead atoms. The molecule has 3 heterocycles. The quantitative estimate of drug-likeness (QED) is 0.217. The number of aryl methyl sites for hydroxylation is 2. The minimum absolute atomic E-state index is 0.137. The zero-order valence-electron chi connectivity index (χ0n) is 24.4. The van der Waals surface area contributed by atoms with Crippen molar-refractivity contribution in [2.24, 2.45) is 11.5 Å². The van der Waals surface area contributed by atoms with Crippen LogP contribution in [0.2, 0.25) is 0 Å². The number of fused-ring (bicyclic) bond motifs is 3. The number of nitrogens with one attached hydrogen (secondary N) is 2. The van der Waals surface area contributed by atoms with Crippen LogP contribution in [0.25, 0.3) is 21.6 Å². The maximum Gasteiger partial charge on any atom is 0.357 e. The Kier molecular flexibility index (Phi) is 8.74. The van der Waals surface area contributed by atoms with E-state index >= 15 is 0 Å². The third-order valence-electron chi connectivity index (χ3n) is 7.27. The second kappa shape index (κ2) is 12.7. The van der Waals surface area contributed by atoms with Crippen molar-refractivity contribution in [1.29, 1.82) is 0 Å². The average molecular weight is 614 g/mol. The van der Waals surface area contributed by atoms with E-state index in [0.717, 1.165) is 32.7 Å². The lowest BCUT2D eigenvalue weighted by Gasteiger charge is -2.19. The molecule has 11 nitrogen and oxygen atoms in total. The van der Waals surface area contributed by atoms with E-state index in [-0.39, 0.29) is 22.5 Å². The van der Waals surface area contributed by atoms with Gasteiger partial charge in [0.2, 0.25) is 5.91 Å². The largest absolute Gasteiger partial charge is 0.493 e. The van der Waals surface area contributed by atoms with Crippen LogP contribution in [-0.4, -0.2) is 48.9 Å². The van der Waals surface area contributed by atoms with E-state index in [9.17, 15) is 19.2 Å². The molecule has 0 saturated carbocycles. The standard InChI is InChI=1S/C32H31N5O6S/c1-16-10-18(14-33)11-17(2)27(16)37-30(39)22-12-23-25(43-8-6-19-7-9-44-29(19)23)13-21(22)20-4-5-24(31(40)35-15-26(34)38)36-28(20)32(41)42-3/h4-5,7,9-13H,6,8,14-15,33H2,1-3H3,(H2,34,38)(H,35,40)(H,37,39). The average Bonchev–Trinajstić information content (AvgIpc) is 3.41. The number of benzene rings is 2. The van der Waals surface area contributed by atoms with Gasteiger partial charge in [-0.2, -0.15) is 0 Å². The Balaban J connectivity index is 1.69. The lowest BCUT2D eigenvalue weighted by Crippen LogP contribution is -2.34. The van der Waals surface area contributed by atoms with Gasteiger partial charge in [-0.3, -0.25) is 14.4 Å². The number of methoxy groups -OCH3 is 1. The summed E-state index contributed by atoms with van der Waals surface area (Å²) in [6.07, 6.45) is 0.695. The molecular weight excluding hydrogens is 582 g/mol. The molecule has 1 aliphatic rings. The maximum absolute atomic E-state index is 14.1. The van der Waals surface area contributed by atoms with Gasteiger partial charge in [0.1, 0.15) is 11.4 Å². The highest BCUT2D eigenvalue weighted by atomic mass is 32.1. The number of carbonyl (C=O) groups excluding carboxylic acids is 4. The first-order chi connectivity index (χ1) is 21.1. The third-order valence-corrected chi connectivity index (χ3v) is 8.26. The van der Waals surface area contributed by atoms with Crippen LogP contribution < -0.4 is 26.8 Å². The van der Waals surface area contributed by atoms with Crippen LogP contribution in [0.3, 0.4) is 0 Å². The number of nitrogens with two attached hydrogens (primary N) is 2. The Bertz CT molecular complexity index is 1790. The predicted molar refractivity (Wildman–Crippen MR) is 167 cm³/mol. The molecule has 6 N–H and O–H groups in total. The Labute approximate surface area is 257 Å². The zero-order chi connectivity index (χ0) is 31.5. The fourth-order valence-electron chi connectivity index (χ4n) is 5.19. The number of rotatable bonds is 8. The number of thiophene rings is 1. The second-order valence-electron chi connectivity index (χ2n) is 10.3. The molecule has 0 atom stereocenters. The summed E-state index contributed by atoms with van der Waals surface area (Å²) in [4.78, 5) is 56.2. The number of carbonyl (C=O) groups is 4. The number of amides is 3. The number of primary amides is 1. The number of aromatic nitrogens is 1. The SMILES string of the molecule is COC(=O)c1nc(C(=O)NCC(N)=O)ccc1-c1cc2c(cc1C(=O)Nc1c(C)cc(CN)cc1C)-c1sccc1CCO2. The van der Waals surface area contributed by atoms with Gasteiger partial charge in [-0.05, 0) is 71.8 Å². The van der Waals surface area contributed by atoms with Gasteiger partial charge in [0, 0.05) is 45.8 Å². The van der Waals surface area contributed by atoms with Crippen molar-refractivity contribution in [1.82, 2.24) is 10.3 Å². The molecule has 0 spiro atoms. The van der Waals surface area contributed by atoms with Crippen molar-refractivity contribution in [3.63, 3.8) is 0 Å². The van der Waals surface area contributed by atoms with Crippen molar-refractivity contribution in [3.8, 4) is 27.3 Å². The number of ether oxygens (including phenoxy) is 2. The number of pyridine rings is 1. The number of anilines is 1. The number of hydrogen-bond donors (Lipinski definition) is 4. The van der Waals surface area contributed by atoms with E-state index in [1.54, 1.807) is 23.5 Å². The molecule has 0 saturated heterocycles. The summed E-state index contributed by atoms with van der Waals surface area (Å²) in [5.41, 5.74) is 16.7. The van der Waals surface area contributed by atoms with E-state index in [2.05, 4.69) is 15.6 Å². The van der Waals surface area contributed by atoms with E-state index in [4.69, 9.17) is 20.9 Å². The van der Waals surface area contributed by atoms with Crippen LogP contribution in [0, 0.1) is 13.8 Å². The van der Waals surface area contributed by atoms with Gasteiger partial charge >= 0.3 is 5.97 Å². The van der Waals surface area contributed by atoms with Crippen LogP contribution in [0.15, 0.2) is 47.8 Å². The molecule has 44 heavy (non-hydrogen) atoms. The van der Waals surface area contributed by atoms with Crippen LogP contribution in [-0.2, 0) is 22.5 Å². The van der Waals surface area contributed by atoms with Gasteiger partial charge in [0.25, 0.3) is 11.8 Å². The Morgan fingerprint density at radius 1 is 1.00 bits per heavy atom. The summed E-state index contributed by atoms with van der Waals surface area (Å²) >= 11 is 1.55. The van der Waals surface area contributed by atoms with Crippen molar-refractivity contribution in [2.75, 3.05) is 25.6 Å². The van der Waals surface area contributed by atoms with Crippen molar-refractivity contribution in [3.05, 3.63) is 87.0 Å². The second-order valence-corrected chi connectivity index (χ2v) is 11.2. The number of esters is 1. The monoisotopic (exact) mass is 613 g/mol. The molecule has 5 rings (SSSR count). The van der Waals surface area contributed by atoms with Gasteiger partial charge in [0.05, 0.1) is 20.3 Å². The minimum Gasteiger partial charge on any atom is -0.493 e. The number of hydrogen-bond acceptors (Lipinski definition) is 9. The topological polar surface area (TPSA) is 176 Å². The predicted octanol–water partition coefficient (Wildman–Crippen LogP) is 3.74. The molecular formula is C32H31N5O6S. The van der Waals surface area contributed by atoms with Gasteiger partial charge in [-0.15, -0.1) is 11.3 Å². The highest BCUT2D eigenvalue weighted by molar-refractivity contribution is 7.13. The summed E-state index contributed by atoms with van der Waals surface area (Å²) in [5.74, 6) is -2.15. The summed E-state index contributed by atoms with van der Waals surface area (Å²) in [6, 6.07) is 12.3. The highest BCUT2D eigenvalue weighted by Gasteiger charge is 2.27. The van der Waals surface area contributed by atoms with Crippen molar-refractivity contribution < 1.29 is 28.7 Å².